The summed E-state index contributed by atoms with van der Waals surface area (Å²) in [6.07, 6.45) is 5.60. The van der Waals surface area contributed by atoms with Gasteiger partial charge in [0.2, 0.25) is 0 Å². The van der Waals surface area contributed by atoms with Crippen LogP contribution in [0.4, 0.5) is 0 Å². The number of hydrogen-bond acceptors (Lipinski definition) is 1. The van der Waals surface area contributed by atoms with Crippen LogP contribution in [-0.2, 0) is 7.05 Å². The second-order valence-corrected chi connectivity index (χ2v) is 4.19. The second-order valence-electron chi connectivity index (χ2n) is 4.19. The molecule has 2 rings (SSSR count). The van der Waals surface area contributed by atoms with Crippen LogP contribution >= 0.6 is 0 Å². The first-order valence-corrected chi connectivity index (χ1v) is 6.41. The van der Waals surface area contributed by atoms with Crippen LogP contribution < -0.4 is 5.32 Å². The summed E-state index contributed by atoms with van der Waals surface area (Å²) < 4.78 is 2.15. The third-order valence-corrected chi connectivity index (χ3v) is 2.88. The molecule has 1 N–H and O–H groups in total. The van der Waals surface area contributed by atoms with E-state index in [1.807, 2.05) is 13.8 Å². The van der Waals surface area contributed by atoms with Crippen molar-refractivity contribution >= 4 is 11.1 Å². The topological polar surface area (TPSA) is 17.0 Å². The van der Waals surface area contributed by atoms with Gasteiger partial charge in [-0.25, -0.2) is 0 Å². The molecule has 17 heavy (non-hydrogen) atoms. The van der Waals surface area contributed by atoms with Crippen molar-refractivity contribution < 1.29 is 0 Å². The number of rotatable bonds is 2. The Hall–Kier alpha value is -1.28. The van der Waals surface area contributed by atoms with Crippen molar-refractivity contribution in [2.24, 2.45) is 7.05 Å². The van der Waals surface area contributed by atoms with Crippen LogP contribution in [0, 0.1) is 0 Å². The molecule has 0 saturated carbocycles. The first-order chi connectivity index (χ1) is 8.18. The van der Waals surface area contributed by atoms with Crippen LogP contribution in [0.3, 0.4) is 0 Å². The first-order valence-electron chi connectivity index (χ1n) is 6.41. The Kier molecular flexibility index (Phi) is 5.23. The molecule has 0 unspecified atom stereocenters. The molecule has 1 aliphatic heterocycles. The highest BCUT2D eigenvalue weighted by molar-refractivity contribution is 5.71. The fourth-order valence-electron chi connectivity index (χ4n) is 2.05. The molecule has 0 fully saturated rings. The fraction of sp³-hybridized carbons (Fsp3) is 0.467. The first kappa shape index (κ1) is 13.8. The zero-order valence-electron chi connectivity index (χ0n) is 11.5. The van der Waals surface area contributed by atoms with Gasteiger partial charge in [-0.3, -0.25) is 0 Å². The van der Waals surface area contributed by atoms with E-state index in [0.717, 1.165) is 25.1 Å². The van der Waals surface area contributed by atoms with E-state index >= 15 is 0 Å². The Labute approximate surface area is 105 Å². The van der Waals surface area contributed by atoms with E-state index in [1.54, 1.807) is 0 Å². The summed E-state index contributed by atoms with van der Waals surface area (Å²) in [5.74, 6) is 0. The minimum absolute atomic E-state index is 0.993. The Morgan fingerprint density at radius 3 is 2.59 bits per heavy atom. The molecular weight excluding hydrogens is 208 g/mol. The SMILES string of the molecule is C=C(C)c1cc(C2=CCNCC2)cn1C.CC. The van der Waals surface area contributed by atoms with Crippen LogP contribution in [0.1, 0.15) is 38.4 Å². The lowest BCUT2D eigenvalue weighted by Gasteiger charge is -2.12. The zero-order chi connectivity index (χ0) is 12.8. The fourth-order valence-corrected chi connectivity index (χ4v) is 2.05. The van der Waals surface area contributed by atoms with E-state index in [9.17, 15) is 0 Å². The molecule has 1 aromatic heterocycles. The monoisotopic (exact) mass is 232 g/mol. The Morgan fingerprint density at radius 1 is 1.41 bits per heavy atom. The number of hydrogen-bond donors (Lipinski definition) is 1. The average Bonchev–Trinajstić information content (AvgIpc) is 2.75. The van der Waals surface area contributed by atoms with Gasteiger partial charge in [0.05, 0.1) is 0 Å². The Balaban J connectivity index is 0.000000686. The highest BCUT2D eigenvalue weighted by Gasteiger charge is 2.09. The summed E-state index contributed by atoms with van der Waals surface area (Å²) in [4.78, 5) is 0. The van der Waals surface area contributed by atoms with E-state index < -0.39 is 0 Å². The van der Waals surface area contributed by atoms with Gasteiger partial charge in [-0.15, -0.1) is 0 Å². The molecular formula is C15H24N2. The highest BCUT2D eigenvalue weighted by atomic mass is 14.9. The quantitative estimate of drug-likeness (QED) is 0.826. The summed E-state index contributed by atoms with van der Waals surface area (Å²) in [7, 11) is 2.08. The van der Waals surface area contributed by atoms with Crippen molar-refractivity contribution in [1.29, 1.82) is 0 Å². The number of allylic oxidation sites excluding steroid dienone is 1. The van der Waals surface area contributed by atoms with Crippen LogP contribution in [0.15, 0.2) is 24.9 Å². The summed E-state index contributed by atoms with van der Waals surface area (Å²) >= 11 is 0. The zero-order valence-corrected chi connectivity index (χ0v) is 11.5. The largest absolute Gasteiger partial charge is 0.350 e. The molecule has 1 aromatic rings. The molecule has 0 aliphatic carbocycles. The average molecular weight is 232 g/mol. The molecule has 2 nitrogen and oxygen atoms in total. The van der Waals surface area contributed by atoms with Gasteiger partial charge < -0.3 is 9.88 Å². The molecule has 2 heterocycles. The maximum Gasteiger partial charge on any atom is 0.0434 e. The molecule has 94 valence electrons. The van der Waals surface area contributed by atoms with E-state index in [-0.39, 0.29) is 0 Å². The van der Waals surface area contributed by atoms with Crippen LogP contribution in [0.2, 0.25) is 0 Å². The van der Waals surface area contributed by atoms with Gasteiger partial charge in [0.15, 0.2) is 0 Å². The van der Waals surface area contributed by atoms with Crippen molar-refractivity contribution in [1.82, 2.24) is 9.88 Å². The minimum Gasteiger partial charge on any atom is -0.350 e. The van der Waals surface area contributed by atoms with Crippen molar-refractivity contribution in [2.45, 2.75) is 27.2 Å². The predicted octanol–water partition coefficient (Wildman–Crippen LogP) is 3.46. The van der Waals surface area contributed by atoms with Gasteiger partial charge in [-0.1, -0.05) is 26.5 Å². The lowest BCUT2D eigenvalue weighted by atomic mass is 10.0. The maximum absolute atomic E-state index is 3.99. The molecule has 0 amide bonds. The minimum atomic E-state index is 0.993. The summed E-state index contributed by atoms with van der Waals surface area (Å²) in [5, 5.41) is 3.33. The standard InChI is InChI=1S/C13H18N2.C2H6/c1-10(2)13-8-12(9-15(13)3)11-4-6-14-7-5-11;1-2/h4,8-9,14H,1,5-7H2,2-3H3;1-2H3. The second kappa shape index (κ2) is 6.45. The normalized spacial score (nSPS) is 14.7. The van der Waals surface area contributed by atoms with Crippen LogP contribution in [-0.4, -0.2) is 17.7 Å². The molecule has 1 aliphatic rings. The van der Waals surface area contributed by atoms with E-state index in [2.05, 4.69) is 48.8 Å². The molecule has 2 heteroatoms. The van der Waals surface area contributed by atoms with E-state index in [0.29, 0.717) is 0 Å². The van der Waals surface area contributed by atoms with Gasteiger partial charge in [-0.2, -0.15) is 0 Å². The summed E-state index contributed by atoms with van der Waals surface area (Å²) in [5.41, 5.74) is 5.15. The van der Waals surface area contributed by atoms with Crippen molar-refractivity contribution in [3.63, 3.8) is 0 Å². The number of aryl methyl sites for hydroxylation is 1. The Morgan fingerprint density at radius 2 is 2.12 bits per heavy atom. The van der Waals surface area contributed by atoms with Crippen LogP contribution in [0.25, 0.3) is 11.1 Å². The van der Waals surface area contributed by atoms with Crippen molar-refractivity contribution in [2.75, 3.05) is 13.1 Å². The summed E-state index contributed by atoms with van der Waals surface area (Å²) in [6, 6.07) is 2.24. The predicted molar refractivity (Wildman–Crippen MR) is 76.9 cm³/mol. The lowest BCUT2D eigenvalue weighted by molar-refractivity contribution is 0.738. The third-order valence-electron chi connectivity index (χ3n) is 2.88. The molecule has 0 radical (unpaired) electrons. The van der Waals surface area contributed by atoms with Gasteiger partial charge in [-0.05, 0) is 42.7 Å². The van der Waals surface area contributed by atoms with Crippen LogP contribution in [0.5, 0.6) is 0 Å². The van der Waals surface area contributed by atoms with Gasteiger partial charge in [0.25, 0.3) is 0 Å². The summed E-state index contributed by atoms with van der Waals surface area (Å²) in [6.45, 7) is 12.1. The van der Waals surface area contributed by atoms with Gasteiger partial charge in [0, 0.05) is 25.5 Å². The van der Waals surface area contributed by atoms with Crippen molar-refractivity contribution in [3.05, 3.63) is 36.2 Å². The van der Waals surface area contributed by atoms with Gasteiger partial charge in [0.1, 0.15) is 0 Å². The van der Waals surface area contributed by atoms with Crippen molar-refractivity contribution in [3.8, 4) is 0 Å². The smallest absolute Gasteiger partial charge is 0.0434 e. The third kappa shape index (κ3) is 3.34. The molecule has 0 spiro atoms. The highest BCUT2D eigenvalue weighted by Crippen LogP contribution is 2.24. The van der Waals surface area contributed by atoms with E-state index in [4.69, 9.17) is 0 Å². The molecule has 0 saturated heterocycles. The number of nitrogens with zero attached hydrogens (tertiary/aromatic N) is 1. The molecule has 0 aromatic carbocycles. The molecule has 0 atom stereocenters. The lowest BCUT2D eigenvalue weighted by Crippen LogP contribution is -2.19. The molecule has 0 bridgehead atoms. The number of nitrogens with one attached hydrogen (secondary N) is 1. The van der Waals surface area contributed by atoms with Gasteiger partial charge >= 0.3 is 0 Å². The maximum atomic E-state index is 3.99. The number of aromatic nitrogens is 1. The van der Waals surface area contributed by atoms with E-state index in [1.165, 1.54) is 16.8 Å². The Bertz CT molecular complexity index is 411.